The van der Waals surface area contributed by atoms with E-state index in [1.54, 1.807) is 35.6 Å². The van der Waals surface area contributed by atoms with Gasteiger partial charge < -0.3 is 10.2 Å². The quantitative estimate of drug-likeness (QED) is 0.764. The fourth-order valence-electron chi connectivity index (χ4n) is 3.20. The number of para-hydroxylation sites is 1. The predicted molar refractivity (Wildman–Crippen MR) is 104 cm³/mol. The van der Waals surface area contributed by atoms with Crippen molar-refractivity contribution in [2.24, 2.45) is 5.92 Å². The molecule has 0 saturated carbocycles. The minimum Gasteiger partial charge on any atom is -0.348 e. The molecule has 1 amide bonds. The lowest BCUT2D eigenvalue weighted by atomic mass is 9.96. The molecule has 0 unspecified atom stereocenters. The molecule has 0 spiro atoms. The first kappa shape index (κ1) is 16.6. The molecule has 1 saturated heterocycles. The number of aromatic nitrogens is 1. The van der Waals surface area contributed by atoms with Crippen molar-refractivity contribution in [3.63, 3.8) is 0 Å². The second-order valence-corrected chi connectivity index (χ2v) is 7.41. The van der Waals surface area contributed by atoms with Crippen molar-refractivity contribution in [3.05, 3.63) is 54.1 Å². The Hall–Kier alpha value is -2.91. The SMILES string of the molecule is N#Cc1ccc(NC(=O)C2CCN(c3nc4ccccc4s3)CC2)cc1. The minimum atomic E-state index is 0.0104. The van der Waals surface area contributed by atoms with E-state index in [2.05, 4.69) is 22.4 Å². The number of nitrogens with one attached hydrogen (secondary N) is 1. The first-order chi connectivity index (χ1) is 12.7. The summed E-state index contributed by atoms with van der Waals surface area (Å²) in [6.07, 6.45) is 1.63. The molecule has 1 aromatic heterocycles. The number of nitrogens with zero attached hydrogens (tertiary/aromatic N) is 3. The highest BCUT2D eigenvalue weighted by atomic mass is 32.1. The molecule has 1 aliphatic heterocycles. The fourth-order valence-corrected chi connectivity index (χ4v) is 4.22. The maximum atomic E-state index is 12.5. The molecule has 4 rings (SSSR count). The monoisotopic (exact) mass is 362 g/mol. The van der Waals surface area contributed by atoms with Crippen LogP contribution in [-0.4, -0.2) is 24.0 Å². The molecule has 0 atom stereocenters. The Morgan fingerprint density at radius 3 is 2.58 bits per heavy atom. The van der Waals surface area contributed by atoms with Gasteiger partial charge in [0.05, 0.1) is 21.8 Å². The normalized spacial score (nSPS) is 15.0. The Morgan fingerprint density at radius 2 is 1.88 bits per heavy atom. The third-order valence-corrected chi connectivity index (χ3v) is 5.80. The maximum Gasteiger partial charge on any atom is 0.227 e. The van der Waals surface area contributed by atoms with Crippen LogP contribution < -0.4 is 10.2 Å². The third-order valence-electron chi connectivity index (χ3n) is 4.70. The van der Waals surface area contributed by atoms with Crippen LogP contribution in [0.1, 0.15) is 18.4 Å². The lowest BCUT2D eigenvalue weighted by Crippen LogP contribution is -2.38. The molecule has 0 bridgehead atoms. The average Bonchev–Trinajstić information content (AvgIpc) is 3.13. The number of benzene rings is 2. The first-order valence-electron chi connectivity index (χ1n) is 8.64. The van der Waals surface area contributed by atoms with Crippen molar-refractivity contribution in [3.8, 4) is 6.07 Å². The van der Waals surface area contributed by atoms with Gasteiger partial charge in [0.25, 0.3) is 0 Å². The van der Waals surface area contributed by atoms with Crippen LogP contribution in [0.2, 0.25) is 0 Å². The Labute approximate surface area is 155 Å². The van der Waals surface area contributed by atoms with E-state index in [0.717, 1.165) is 42.3 Å². The van der Waals surface area contributed by atoms with Crippen molar-refractivity contribution in [1.29, 1.82) is 5.26 Å². The van der Waals surface area contributed by atoms with E-state index in [9.17, 15) is 4.79 Å². The van der Waals surface area contributed by atoms with Gasteiger partial charge in [0.1, 0.15) is 0 Å². The van der Waals surface area contributed by atoms with Gasteiger partial charge in [0.15, 0.2) is 5.13 Å². The molecular weight excluding hydrogens is 344 g/mol. The van der Waals surface area contributed by atoms with Crippen LogP contribution in [0, 0.1) is 17.2 Å². The summed E-state index contributed by atoms with van der Waals surface area (Å²) in [5.41, 5.74) is 2.36. The Kier molecular flexibility index (Phi) is 4.55. The van der Waals surface area contributed by atoms with Crippen LogP contribution in [-0.2, 0) is 4.79 Å². The van der Waals surface area contributed by atoms with E-state index in [0.29, 0.717) is 5.56 Å². The Balaban J connectivity index is 1.36. The van der Waals surface area contributed by atoms with Gasteiger partial charge in [-0.05, 0) is 49.2 Å². The first-order valence-corrected chi connectivity index (χ1v) is 9.46. The van der Waals surface area contributed by atoms with Gasteiger partial charge >= 0.3 is 0 Å². The van der Waals surface area contributed by atoms with Gasteiger partial charge in [-0.2, -0.15) is 5.26 Å². The minimum absolute atomic E-state index is 0.0104. The molecular formula is C20H18N4OS. The van der Waals surface area contributed by atoms with Crippen molar-refractivity contribution in [1.82, 2.24) is 4.98 Å². The number of amides is 1. The smallest absolute Gasteiger partial charge is 0.227 e. The molecule has 1 fully saturated rings. The van der Waals surface area contributed by atoms with E-state index >= 15 is 0 Å². The van der Waals surface area contributed by atoms with Gasteiger partial charge in [-0.3, -0.25) is 4.79 Å². The summed E-state index contributed by atoms with van der Waals surface area (Å²) in [4.78, 5) is 19.5. The molecule has 3 aromatic rings. The van der Waals surface area contributed by atoms with Crippen LogP contribution in [0.15, 0.2) is 48.5 Å². The van der Waals surface area contributed by atoms with Crippen molar-refractivity contribution >= 4 is 38.3 Å². The number of hydrogen-bond acceptors (Lipinski definition) is 5. The molecule has 130 valence electrons. The second-order valence-electron chi connectivity index (χ2n) is 6.40. The summed E-state index contributed by atoms with van der Waals surface area (Å²) < 4.78 is 1.20. The van der Waals surface area contributed by atoms with Crippen molar-refractivity contribution in [2.75, 3.05) is 23.3 Å². The molecule has 1 aliphatic rings. The predicted octanol–water partition coefficient (Wildman–Crippen LogP) is 4.02. The average molecular weight is 362 g/mol. The Morgan fingerprint density at radius 1 is 1.15 bits per heavy atom. The standard InChI is InChI=1S/C20H18N4OS/c21-13-14-5-7-16(8-6-14)22-19(25)15-9-11-24(12-10-15)20-23-17-3-1-2-4-18(17)26-20/h1-8,15H,9-12H2,(H,22,25). The van der Waals surface area contributed by atoms with E-state index in [1.165, 1.54) is 4.70 Å². The zero-order valence-corrected chi connectivity index (χ0v) is 15.0. The van der Waals surface area contributed by atoms with Crippen molar-refractivity contribution < 1.29 is 4.79 Å². The summed E-state index contributed by atoms with van der Waals surface area (Å²) in [5.74, 6) is 0.0647. The Bertz CT molecular complexity index is 932. The van der Waals surface area contributed by atoms with E-state index in [1.807, 2.05) is 18.2 Å². The van der Waals surface area contributed by atoms with Crippen LogP contribution in [0.5, 0.6) is 0 Å². The molecule has 1 N–H and O–H groups in total. The van der Waals surface area contributed by atoms with Crippen molar-refractivity contribution in [2.45, 2.75) is 12.8 Å². The number of carbonyl (C=O) groups excluding carboxylic acids is 1. The highest BCUT2D eigenvalue weighted by Crippen LogP contribution is 2.31. The van der Waals surface area contributed by atoms with Crippen LogP contribution in [0.4, 0.5) is 10.8 Å². The van der Waals surface area contributed by atoms with Gasteiger partial charge in [0, 0.05) is 24.7 Å². The third kappa shape index (κ3) is 3.39. The molecule has 26 heavy (non-hydrogen) atoms. The van der Waals surface area contributed by atoms with Gasteiger partial charge in [-0.25, -0.2) is 4.98 Å². The lowest BCUT2D eigenvalue weighted by molar-refractivity contribution is -0.120. The van der Waals surface area contributed by atoms with Crippen LogP contribution in [0.3, 0.4) is 0 Å². The number of anilines is 2. The summed E-state index contributed by atoms with van der Waals surface area (Å²) in [6.45, 7) is 1.68. The lowest BCUT2D eigenvalue weighted by Gasteiger charge is -2.31. The number of carbonyl (C=O) groups is 1. The number of thiazole rings is 1. The zero-order chi connectivity index (χ0) is 17.9. The van der Waals surface area contributed by atoms with Gasteiger partial charge in [-0.1, -0.05) is 23.5 Å². The maximum absolute atomic E-state index is 12.5. The highest BCUT2D eigenvalue weighted by Gasteiger charge is 2.26. The number of piperidine rings is 1. The zero-order valence-electron chi connectivity index (χ0n) is 14.2. The summed E-state index contributed by atoms with van der Waals surface area (Å²) >= 11 is 1.71. The topological polar surface area (TPSA) is 69.0 Å². The fraction of sp³-hybridized carbons (Fsp3) is 0.250. The number of hydrogen-bond donors (Lipinski definition) is 1. The van der Waals surface area contributed by atoms with E-state index in [-0.39, 0.29) is 11.8 Å². The number of nitriles is 1. The summed E-state index contributed by atoms with van der Waals surface area (Å²) in [6, 6.07) is 17.2. The largest absolute Gasteiger partial charge is 0.348 e. The molecule has 0 aliphatic carbocycles. The van der Waals surface area contributed by atoms with Crippen LogP contribution >= 0.6 is 11.3 Å². The summed E-state index contributed by atoms with van der Waals surface area (Å²) in [7, 11) is 0. The highest BCUT2D eigenvalue weighted by molar-refractivity contribution is 7.22. The molecule has 2 aromatic carbocycles. The van der Waals surface area contributed by atoms with Gasteiger partial charge in [0.2, 0.25) is 5.91 Å². The van der Waals surface area contributed by atoms with Crippen LogP contribution in [0.25, 0.3) is 10.2 Å². The second kappa shape index (κ2) is 7.14. The number of fused-ring (bicyclic) bond motifs is 1. The van der Waals surface area contributed by atoms with E-state index in [4.69, 9.17) is 10.2 Å². The molecule has 0 radical (unpaired) electrons. The summed E-state index contributed by atoms with van der Waals surface area (Å²) in [5, 5.41) is 12.8. The molecule has 6 heteroatoms. The number of rotatable bonds is 3. The van der Waals surface area contributed by atoms with Gasteiger partial charge in [-0.15, -0.1) is 0 Å². The van der Waals surface area contributed by atoms with E-state index < -0.39 is 0 Å². The molecule has 2 heterocycles. The molecule has 5 nitrogen and oxygen atoms in total.